The minimum absolute atomic E-state index is 0.196. The molecule has 1 aromatic heterocycles. The Labute approximate surface area is 109 Å². The van der Waals surface area contributed by atoms with Gasteiger partial charge in [0.05, 0.1) is 6.04 Å². The van der Waals surface area contributed by atoms with E-state index in [9.17, 15) is 0 Å². The molecule has 0 amide bonds. The molecule has 2 fully saturated rings. The van der Waals surface area contributed by atoms with Crippen molar-refractivity contribution in [3.05, 3.63) is 11.7 Å². The molecule has 0 aromatic carbocycles. The van der Waals surface area contributed by atoms with Crippen molar-refractivity contribution in [2.45, 2.75) is 58.9 Å². The monoisotopic (exact) mass is 249 g/mol. The highest BCUT2D eigenvalue weighted by Gasteiger charge is 2.50. The van der Waals surface area contributed by atoms with Gasteiger partial charge in [-0.1, -0.05) is 32.9 Å². The lowest BCUT2D eigenvalue weighted by Gasteiger charge is -2.36. The SMILES string of the molecule is CC1(C)CC1c1noc(C2NCCCC2(C)C)n1. The molecule has 3 rings (SSSR count). The Hall–Kier alpha value is -0.900. The second-order valence-corrected chi connectivity index (χ2v) is 7.22. The van der Waals surface area contributed by atoms with Gasteiger partial charge < -0.3 is 9.84 Å². The summed E-state index contributed by atoms with van der Waals surface area (Å²) in [5, 5.41) is 7.71. The lowest BCUT2D eigenvalue weighted by atomic mass is 9.77. The van der Waals surface area contributed by atoms with Gasteiger partial charge in [-0.05, 0) is 36.6 Å². The number of nitrogens with one attached hydrogen (secondary N) is 1. The van der Waals surface area contributed by atoms with Gasteiger partial charge in [0.25, 0.3) is 0 Å². The molecule has 1 saturated carbocycles. The molecule has 100 valence electrons. The average Bonchev–Trinajstić information content (AvgIpc) is 2.74. The Morgan fingerprint density at radius 3 is 2.56 bits per heavy atom. The number of hydrogen-bond donors (Lipinski definition) is 1. The molecule has 1 aromatic rings. The Bertz CT molecular complexity index is 450. The van der Waals surface area contributed by atoms with E-state index in [2.05, 4.69) is 43.2 Å². The lowest BCUT2D eigenvalue weighted by molar-refractivity contribution is 0.146. The normalized spacial score (nSPS) is 33.3. The summed E-state index contributed by atoms with van der Waals surface area (Å²) in [4.78, 5) is 4.65. The van der Waals surface area contributed by atoms with Crippen molar-refractivity contribution in [2.75, 3.05) is 6.54 Å². The van der Waals surface area contributed by atoms with Gasteiger partial charge in [0.1, 0.15) is 0 Å². The zero-order valence-corrected chi connectivity index (χ0v) is 11.8. The maximum atomic E-state index is 5.51. The first kappa shape index (κ1) is 12.2. The van der Waals surface area contributed by atoms with E-state index in [1.54, 1.807) is 0 Å². The maximum absolute atomic E-state index is 5.51. The first-order valence-corrected chi connectivity index (χ1v) is 6.97. The summed E-state index contributed by atoms with van der Waals surface area (Å²) >= 11 is 0. The van der Waals surface area contributed by atoms with Gasteiger partial charge in [0.2, 0.25) is 5.89 Å². The van der Waals surface area contributed by atoms with E-state index in [0.29, 0.717) is 11.3 Å². The molecule has 2 aliphatic rings. The summed E-state index contributed by atoms with van der Waals surface area (Å²) in [6.45, 7) is 10.1. The predicted octanol–water partition coefficient (Wildman–Crippen LogP) is 3.03. The van der Waals surface area contributed by atoms with Crippen LogP contribution in [-0.4, -0.2) is 16.7 Å². The van der Waals surface area contributed by atoms with Gasteiger partial charge in [-0.3, -0.25) is 0 Å². The molecule has 0 radical (unpaired) electrons. The summed E-state index contributed by atoms with van der Waals surface area (Å²) in [6.07, 6.45) is 3.60. The smallest absolute Gasteiger partial charge is 0.244 e. The molecule has 1 aliphatic heterocycles. The lowest BCUT2D eigenvalue weighted by Crippen LogP contribution is -2.39. The third kappa shape index (κ3) is 1.96. The summed E-state index contributed by atoms with van der Waals surface area (Å²) < 4.78 is 5.51. The molecule has 2 heterocycles. The van der Waals surface area contributed by atoms with Gasteiger partial charge in [0, 0.05) is 5.92 Å². The number of rotatable bonds is 2. The second-order valence-electron chi connectivity index (χ2n) is 7.22. The third-order valence-corrected chi connectivity index (χ3v) is 4.66. The van der Waals surface area contributed by atoms with E-state index in [4.69, 9.17) is 4.52 Å². The van der Waals surface area contributed by atoms with Gasteiger partial charge in [-0.15, -0.1) is 0 Å². The van der Waals surface area contributed by atoms with E-state index < -0.39 is 0 Å². The van der Waals surface area contributed by atoms with E-state index in [1.165, 1.54) is 19.3 Å². The maximum Gasteiger partial charge on any atom is 0.244 e. The molecule has 1 saturated heterocycles. The van der Waals surface area contributed by atoms with Crippen LogP contribution in [-0.2, 0) is 0 Å². The number of aromatic nitrogens is 2. The van der Waals surface area contributed by atoms with Crippen molar-refractivity contribution in [1.82, 2.24) is 15.5 Å². The first-order chi connectivity index (χ1) is 8.40. The molecule has 18 heavy (non-hydrogen) atoms. The van der Waals surface area contributed by atoms with E-state index in [1.807, 2.05) is 0 Å². The molecule has 0 bridgehead atoms. The van der Waals surface area contributed by atoms with Crippen LogP contribution in [0.4, 0.5) is 0 Å². The van der Waals surface area contributed by atoms with Crippen LogP contribution < -0.4 is 5.32 Å². The van der Waals surface area contributed by atoms with Crippen LogP contribution in [0.5, 0.6) is 0 Å². The van der Waals surface area contributed by atoms with Crippen LogP contribution in [0.1, 0.15) is 70.6 Å². The molecule has 1 N–H and O–H groups in total. The summed E-state index contributed by atoms with van der Waals surface area (Å²) in [7, 11) is 0. The van der Waals surface area contributed by atoms with E-state index in [-0.39, 0.29) is 11.5 Å². The van der Waals surface area contributed by atoms with Crippen molar-refractivity contribution in [1.29, 1.82) is 0 Å². The van der Waals surface area contributed by atoms with Gasteiger partial charge in [0.15, 0.2) is 5.82 Å². The molecular weight excluding hydrogens is 226 g/mol. The Morgan fingerprint density at radius 1 is 1.22 bits per heavy atom. The highest BCUT2D eigenvalue weighted by atomic mass is 16.5. The zero-order valence-electron chi connectivity index (χ0n) is 11.8. The highest BCUT2D eigenvalue weighted by molar-refractivity contribution is 5.15. The largest absolute Gasteiger partial charge is 0.338 e. The zero-order chi connectivity index (χ0) is 13.0. The third-order valence-electron chi connectivity index (χ3n) is 4.66. The van der Waals surface area contributed by atoms with Crippen LogP contribution >= 0.6 is 0 Å². The van der Waals surface area contributed by atoms with Crippen LogP contribution in [0, 0.1) is 10.8 Å². The first-order valence-electron chi connectivity index (χ1n) is 6.97. The average molecular weight is 249 g/mol. The Balaban J connectivity index is 1.81. The molecular formula is C14H23N3O. The fraction of sp³-hybridized carbons (Fsp3) is 0.857. The topological polar surface area (TPSA) is 51.0 Å². The Kier molecular flexibility index (Phi) is 2.56. The van der Waals surface area contributed by atoms with Crippen molar-refractivity contribution in [3.8, 4) is 0 Å². The van der Waals surface area contributed by atoms with Crippen LogP contribution in [0.3, 0.4) is 0 Å². The second kappa shape index (κ2) is 3.80. The van der Waals surface area contributed by atoms with Gasteiger partial charge in [-0.2, -0.15) is 4.98 Å². The van der Waals surface area contributed by atoms with Crippen molar-refractivity contribution in [2.24, 2.45) is 10.8 Å². The molecule has 4 nitrogen and oxygen atoms in total. The van der Waals surface area contributed by atoms with Crippen LogP contribution in [0.25, 0.3) is 0 Å². The number of hydrogen-bond acceptors (Lipinski definition) is 4. The van der Waals surface area contributed by atoms with Gasteiger partial charge >= 0.3 is 0 Å². The Morgan fingerprint density at radius 2 is 1.94 bits per heavy atom. The van der Waals surface area contributed by atoms with Crippen molar-refractivity contribution >= 4 is 0 Å². The molecule has 0 spiro atoms. The van der Waals surface area contributed by atoms with Crippen molar-refractivity contribution < 1.29 is 4.52 Å². The van der Waals surface area contributed by atoms with Crippen molar-refractivity contribution in [3.63, 3.8) is 0 Å². The standard InChI is InChI=1S/C14H23N3O/c1-13(2)6-5-7-15-10(13)12-16-11(17-18-12)9-8-14(9,3)4/h9-10,15H,5-8H2,1-4H3. The number of nitrogens with zero attached hydrogens (tertiary/aromatic N) is 2. The molecule has 2 unspecified atom stereocenters. The quantitative estimate of drug-likeness (QED) is 0.875. The van der Waals surface area contributed by atoms with Crippen LogP contribution in [0.15, 0.2) is 4.52 Å². The van der Waals surface area contributed by atoms with E-state index >= 15 is 0 Å². The van der Waals surface area contributed by atoms with E-state index in [0.717, 1.165) is 18.3 Å². The molecule has 4 heteroatoms. The predicted molar refractivity (Wildman–Crippen MR) is 69.2 cm³/mol. The van der Waals surface area contributed by atoms with Gasteiger partial charge in [-0.25, -0.2) is 0 Å². The highest BCUT2D eigenvalue weighted by Crippen LogP contribution is 2.57. The number of piperidine rings is 1. The minimum Gasteiger partial charge on any atom is -0.338 e. The fourth-order valence-corrected chi connectivity index (χ4v) is 3.05. The summed E-state index contributed by atoms with van der Waals surface area (Å²) in [5.41, 5.74) is 0.553. The molecule has 2 atom stereocenters. The molecule has 1 aliphatic carbocycles. The fourth-order valence-electron chi connectivity index (χ4n) is 3.05. The van der Waals surface area contributed by atoms with Crippen LogP contribution in [0.2, 0.25) is 0 Å². The summed E-state index contributed by atoms with van der Waals surface area (Å²) in [6, 6.07) is 0.203. The minimum atomic E-state index is 0.196. The summed E-state index contributed by atoms with van der Waals surface area (Å²) in [5.74, 6) is 2.16.